The Morgan fingerprint density at radius 2 is 1.97 bits per heavy atom. The molecule has 4 heterocycles. The Bertz CT molecular complexity index is 1310. The summed E-state index contributed by atoms with van der Waals surface area (Å²) in [6.45, 7) is 1.86. The Morgan fingerprint density at radius 1 is 1.15 bits per heavy atom. The number of nitrogens with zero attached hydrogens (tertiary/aromatic N) is 7. The number of methoxy groups -OCH3 is 1. The topological polar surface area (TPSA) is 122 Å². The van der Waals surface area contributed by atoms with Crippen molar-refractivity contribution in [2.75, 3.05) is 25.9 Å². The van der Waals surface area contributed by atoms with E-state index in [2.05, 4.69) is 30.9 Å². The van der Waals surface area contributed by atoms with Crippen molar-refractivity contribution in [3.63, 3.8) is 0 Å². The van der Waals surface area contributed by atoms with Crippen LogP contribution in [0.5, 0.6) is 0 Å². The van der Waals surface area contributed by atoms with Gasteiger partial charge in [0.25, 0.3) is 0 Å². The second kappa shape index (κ2) is 9.23. The van der Waals surface area contributed by atoms with Gasteiger partial charge in [-0.05, 0) is 48.5 Å². The standard InChI is InChI=1S/C22H23F2N9O/c1-34-12-13-2-3-18(20(24)19(13)23)33-22(29-30-31-33)17-8-14(9-27-21(17)25)15-10-28-32(11-15)16-4-6-26-7-5-16/h2-3,8-11,16,26H,4-7,12H2,1H3,(H2,25,27). The van der Waals surface area contributed by atoms with Crippen molar-refractivity contribution >= 4 is 5.82 Å². The van der Waals surface area contributed by atoms with Gasteiger partial charge in [0.05, 0.1) is 24.4 Å². The van der Waals surface area contributed by atoms with Gasteiger partial charge in [-0.2, -0.15) is 9.78 Å². The fraction of sp³-hybridized carbons (Fsp3) is 0.318. The Labute approximate surface area is 193 Å². The molecule has 3 N–H and O–H groups in total. The quantitative estimate of drug-likeness (QED) is 0.444. The highest BCUT2D eigenvalue weighted by molar-refractivity contribution is 5.76. The van der Waals surface area contributed by atoms with Crippen LogP contribution in [0.1, 0.15) is 24.4 Å². The number of rotatable bonds is 6. The van der Waals surface area contributed by atoms with Gasteiger partial charge in [-0.25, -0.2) is 13.8 Å². The molecule has 176 valence electrons. The predicted octanol–water partition coefficient (Wildman–Crippen LogP) is 2.52. The third-order valence-corrected chi connectivity index (χ3v) is 5.92. The van der Waals surface area contributed by atoms with E-state index in [4.69, 9.17) is 10.5 Å². The maximum Gasteiger partial charge on any atom is 0.190 e. The summed E-state index contributed by atoms with van der Waals surface area (Å²) in [4.78, 5) is 4.28. The first kappa shape index (κ1) is 22.0. The fourth-order valence-electron chi connectivity index (χ4n) is 4.10. The maximum absolute atomic E-state index is 14.9. The molecular formula is C22H23F2N9O. The summed E-state index contributed by atoms with van der Waals surface area (Å²) >= 11 is 0. The van der Waals surface area contributed by atoms with E-state index in [-0.39, 0.29) is 29.5 Å². The molecule has 34 heavy (non-hydrogen) atoms. The molecule has 1 saturated heterocycles. The summed E-state index contributed by atoms with van der Waals surface area (Å²) in [5, 5.41) is 19.4. The smallest absolute Gasteiger partial charge is 0.190 e. The van der Waals surface area contributed by atoms with Crippen molar-refractivity contribution in [3.05, 3.63) is 54.0 Å². The summed E-state index contributed by atoms with van der Waals surface area (Å²) in [7, 11) is 1.41. The molecule has 4 aromatic rings. The maximum atomic E-state index is 14.9. The zero-order chi connectivity index (χ0) is 23.7. The number of hydrogen-bond donors (Lipinski definition) is 2. The predicted molar refractivity (Wildman–Crippen MR) is 120 cm³/mol. The number of benzene rings is 1. The molecule has 0 aliphatic carbocycles. The van der Waals surface area contributed by atoms with Crippen molar-refractivity contribution in [1.29, 1.82) is 0 Å². The molecule has 0 atom stereocenters. The SMILES string of the molecule is COCc1ccc(-n2nnnc2-c2cc(-c3cnn(C4CCNCC4)c3)cnc2N)c(F)c1F. The van der Waals surface area contributed by atoms with Crippen molar-refractivity contribution < 1.29 is 13.5 Å². The minimum absolute atomic E-state index is 0.0601. The van der Waals surface area contributed by atoms with E-state index in [1.807, 2.05) is 10.9 Å². The van der Waals surface area contributed by atoms with Crippen molar-refractivity contribution in [2.45, 2.75) is 25.5 Å². The Morgan fingerprint density at radius 3 is 2.76 bits per heavy atom. The second-order valence-corrected chi connectivity index (χ2v) is 8.07. The molecule has 0 unspecified atom stereocenters. The van der Waals surface area contributed by atoms with Crippen LogP contribution in [0.2, 0.25) is 0 Å². The molecule has 5 rings (SSSR count). The zero-order valence-corrected chi connectivity index (χ0v) is 18.4. The lowest BCUT2D eigenvalue weighted by molar-refractivity contribution is 0.180. The summed E-state index contributed by atoms with van der Waals surface area (Å²) in [6.07, 6.45) is 7.39. The van der Waals surface area contributed by atoms with Crippen LogP contribution < -0.4 is 11.1 Å². The molecule has 0 radical (unpaired) electrons. The molecule has 1 aliphatic rings. The van der Waals surface area contributed by atoms with Gasteiger partial charge in [0.15, 0.2) is 17.5 Å². The van der Waals surface area contributed by atoms with Gasteiger partial charge in [0.1, 0.15) is 11.5 Å². The van der Waals surface area contributed by atoms with Crippen LogP contribution in [0, 0.1) is 11.6 Å². The van der Waals surface area contributed by atoms with E-state index in [9.17, 15) is 8.78 Å². The number of aromatic nitrogens is 7. The monoisotopic (exact) mass is 467 g/mol. The third kappa shape index (κ3) is 4.01. The van der Waals surface area contributed by atoms with Crippen molar-refractivity contribution in [3.8, 4) is 28.2 Å². The van der Waals surface area contributed by atoms with Crippen LogP contribution in [-0.2, 0) is 11.3 Å². The molecule has 12 heteroatoms. The molecule has 1 fully saturated rings. The zero-order valence-electron chi connectivity index (χ0n) is 18.4. The third-order valence-electron chi connectivity index (χ3n) is 5.92. The molecule has 0 bridgehead atoms. The average Bonchev–Trinajstić information content (AvgIpc) is 3.54. The molecule has 0 amide bonds. The van der Waals surface area contributed by atoms with Crippen LogP contribution in [-0.4, -0.2) is 55.2 Å². The Balaban J connectivity index is 1.51. The summed E-state index contributed by atoms with van der Waals surface area (Å²) < 4.78 is 37.3. The highest BCUT2D eigenvalue weighted by atomic mass is 19.2. The highest BCUT2D eigenvalue weighted by Crippen LogP contribution is 2.31. The summed E-state index contributed by atoms with van der Waals surface area (Å²) in [5.41, 5.74) is 8.06. The summed E-state index contributed by atoms with van der Waals surface area (Å²) in [6, 6.07) is 4.92. The Kier molecular flexibility index (Phi) is 5.99. The largest absolute Gasteiger partial charge is 0.383 e. The van der Waals surface area contributed by atoms with Gasteiger partial charge in [0.2, 0.25) is 0 Å². The number of ether oxygens (including phenoxy) is 1. The number of nitrogens with one attached hydrogen (secondary N) is 1. The van der Waals surface area contributed by atoms with Crippen LogP contribution in [0.4, 0.5) is 14.6 Å². The van der Waals surface area contributed by atoms with Crippen LogP contribution in [0.3, 0.4) is 0 Å². The van der Waals surface area contributed by atoms with Crippen LogP contribution >= 0.6 is 0 Å². The number of piperidine rings is 1. The minimum Gasteiger partial charge on any atom is -0.383 e. The molecule has 0 saturated carbocycles. The number of anilines is 1. The van der Waals surface area contributed by atoms with Crippen LogP contribution in [0.25, 0.3) is 28.2 Å². The molecule has 10 nitrogen and oxygen atoms in total. The lowest BCUT2D eigenvalue weighted by atomic mass is 10.1. The molecule has 0 spiro atoms. The van der Waals surface area contributed by atoms with Gasteiger partial charge in [-0.15, -0.1) is 5.10 Å². The fourth-order valence-corrected chi connectivity index (χ4v) is 4.10. The normalized spacial score (nSPS) is 14.6. The molecular weight excluding hydrogens is 444 g/mol. The molecule has 3 aromatic heterocycles. The van der Waals surface area contributed by atoms with E-state index < -0.39 is 11.6 Å². The number of tetrazole rings is 1. The number of halogens is 2. The van der Waals surface area contributed by atoms with E-state index in [0.29, 0.717) is 11.6 Å². The number of pyridine rings is 1. The van der Waals surface area contributed by atoms with E-state index >= 15 is 0 Å². The van der Waals surface area contributed by atoms with Crippen molar-refractivity contribution in [2.24, 2.45) is 0 Å². The van der Waals surface area contributed by atoms with Crippen molar-refractivity contribution in [1.82, 2.24) is 40.3 Å². The van der Waals surface area contributed by atoms with Gasteiger partial charge in [0, 0.05) is 36.2 Å². The number of hydrogen-bond acceptors (Lipinski definition) is 8. The summed E-state index contributed by atoms with van der Waals surface area (Å²) in [5.74, 6) is -1.82. The molecule has 1 aliphatic heterocycles. The van der Waals surface area contributed by atoms with E-state index in [1.165, 1.54) is 19.2 Å². The first-order valence-corrected chi connectivity index (χ1v) is 10.8. The number of nitrogen functional groups attached to an aromatic ring is 1. The highest BCUT2D eigenvalue weighted by Gasteiger charge is 2.22. The Hall–Kier alpha value is -3.77. The van der Waals surface area contributed by atoms with Crippen LogP contribution in [0.15, 0.2) is 36.8 Å². The minimum atomic E-state index is -1.09. The van der Waals surface area contributed by atoms with Gasteiger partial charge in [-0.3, -0.25) is 4.68 Å². The lowest BCUT2D eigenvalue weighted by Crippen LogP contribution is -2.29. The van der Waals surface area contributed by atoms with E-state index in [0.717, 1.165) is 41.7 Å². The van der Waals surface area contributed by atoms with Gasteiger partial charge < -0.3 is 15.8 Å². The van der Waals surface area contributed by atoms with Gasteiger partial charge in [-0.1, -0.05) is 6.07 Å². The van der Waals surface area contributed by atoms with E-state index in [1.54, 1.807) is 18.5 Å². The lowest BCUT2D eigenvalue weighted by Gasteiger charge is -2.22. The molecule has 1 aromatic carbocycles. The average molecular weight is 467 g/mol. The second-order valence-electron chi connectivity index (χ2n) is 8.07. The first-order valence-electron chi connectivity index (χ1n) is 10.8. The first-order chi connectivity index (χ1) is 16.6. The van der Waals surface area contributed by atoms with Gasteiger partial charge >= 0.3 is 0 Å². The number of nitrogens with two attached hydrogens (primary N) is 1.